The minimum atomic E-state index is 0.0815. The number of hydrogen-bond donors (Lipinski definition) is 0. The van der Waals surface area contributed by atoms with E-state index in [1.807, 2.05) is 53.6 Å². The molecular formula is C25H29N3O3S. The predicted molar refractivity (Wildman–Crippen MR) is 126 cm³/mol. The number of amides is 1. The summed E-state index contributed by atoms with van der Waals surface area (Å²) in [5.74, 6) is 1.70. The summed E-state index contributed by atoms with van der Waals surface area (Å²) in [5.41, 5.74) is 2.89. The molecule has 6 nitrogen and oxygen atoms in total. The van der Waals surface area contributed by atoms with E-state index in [9.17, 15) is 4.79 Å². The molecule has 2 heterocycles. The van der Waals surface area contributed by atoms with Gasteiger partial charge in [0.2, 0.25) is 0 Å². The van der Waals surface area contributed by atoms with E-state index in [1.54, 1.807) is 18.4 Å². The van der Waals surface area contributed by atoms with Crippen molar-refractivity contribution < 1.29 is 14.3 Å². The van der Waals surface area contributed by atoms with Crippen molar-refractivity contribution in [3.05, 3.63) is 75.7 Å². The van der Waals surface area contributed by atoms with Crippen LogP contribution in [-0.4, -0.2) is 54.0 Å². The molecule has 1 aromatic heterocycles. The van der Waals surface area contributed by atoms with E-state index < -0.39 is 0 Å². The van der Waals surface area contributed by atoms with Crippen molar-refractivity contribution in [1.29, 1.82) is 0 Å². The number of nitrogens with zero attached hydrogens (tertiary/aromatic N) is 3. The molecule has 0 aliphatic carbocycles. The van der Waals surface area contributed by atoms with E-state index >= 15 is 0 Å². The van der Waals surface area contributed by atoms with Crippen molar-refractivity contribution in [2.24, 2.45) is 0 Å². The minimum Gasteiger partial charge on any atom is -0.497 e. The first-order valence-electron chi connectivity index (χ1n) is 10.9. The van der Waals surface area contributed by atoms with Crippen LogP contribution in [0.15, 0.2) is 53.9 Å². The first-order valence-corrected chi connectivity index (χ1v) is 11.8. The van der Waals surface area contributed by atoms with Gasteiger partial charge in [0, 0.05) is 43.7 Å². The molecule has 4 rings (SSSR count). The largest absolute Gasteiger partial charge is 0.497 e. The Labute approximate surface area is 193 Å². The number of carbonyl (C=O) groups is 1. The van der Waals surface area contributed by atoms with Gasteiger partial charge in [0.15, 0.2) is 0 Å². The molecule has 3 aromatic rings. The highest BCUT2D eigenvalue weighted by molar-refractivity contribution is 7.09. The summed E-state index contributed by atoms with van der Waals surface area (Å²) in [6, 6.07) is 15.6. The number of aromatic nitrogens is 1. The van der Waals surface area contributed by atoms with Crippen LogP contribution in [0.2, 0.25) is 0 Å². The molecular weight excluding hydrogens is 422 g/mol. The highest BCUT2D eigenvalue weighted by Gasteiger charge is 2.20. The second-order valence-corrected chi connectivity index (χ2v) is 9.00. The molecule has 1 saturated heterocycles. The molecule has 0 bridgehead atoms. The van der Waals surface area contributed by atoms with Crippen molar-refractivity contribution in [3.63, 3.8) is 0 Å². The highest BCUT2D eigenvalue weighted by atomic mass is 32.1. The van der Waals surface area contributed by atoms with Crippen LogP contribution in [0.4, 0.5) is 0 Å². The Morgan fingerprint density at radius 2 is 1.75 bits per heavy atom. The summed E-state index contributed by atoms with van der Waals surface area (Å²) in [5, 5.41) is 3.04. The SMILES string of the molecule is COc1ccc(CN2CCCN(C(=O)c3ccc(OCc4csc(C)n4)cc3)CC2)cc1. The summed E-state index contributed by atoms with van der Waals surface area (Å²) in [4.78, 5) is 21.8. The summed E-state index contributed by atoms with van der Waals surface area (Å²) in [6.07, 6.45) is 0.968. The molecule has 1 aliphatic heterocycles. The number of benzene rings is 2. The Morgan fingerprint density at radius 1 is 1.00 bits per heavy atom. The van der Waals surface area contributed by atoms with Crippen molar-refractivity contribution >= 4 is 17.2 Å². The molecule has 1 aliphatic rings. The van der Waals surface area contributed by atoms with Crippen LogP contribution in [-0.2, 0) is 13.2 Å². The van der Waals surface area contributed by atoms with Gasteiger partial charge in [-0.05, 0) is 55.3 Å². The standard InChI is InChI=1S/C25H29N3O3S/c1-19-26-22(18-32-19)17-31-24-10-6-21(7-11-24)25(29)28-13-3-12-27(14-15-28)16-20-4-8-23(30-2)9-5-20/h4-11,18H,3,12-17H2,1-2H3. The minimum absolute atomic E-state index is 0.0815. The monoisotopic (exact) mass is 451 g/mol. The van der Waals surface area contributed by atoms with Crippen molar-refractivity contribution in [2.45, 2.75) is 26.5 Å². The van der Waals surface area contributed by atoms with Gasteiger partial charge >= 0.3 is 0 Å². The summed E-state index contributed by atoms with van der Waals surface area (Å²) in [7, 11) is 1.68. The molecule has 0 N–H and O–H groups in total. The lowest BCUT2D eigenvalue weighted by atomic mass is 10.2. The van der Waals surface area contributed by atoms with Gasteiger partial charge in [-0.15, -0.1) is 11.3 Å². The van der Waals surface area contributed by atoms with Gasteiger partial charge in [0.05, 0.1) is 17.8 Å². The average molecular weight is 452 g/mol. The maximum atomic E-state index is 13.0. The topological polar surface area (TPSA) is 54.9 Å². The third-order valence-corrected chi connectivity index (χ3v) is 6.42. The van der Waals surface area contributed by atoms with E-state index in [1.165, 1.54) is 5.56 Å². The maximum Gasteiger partial charge on any atom is 0.253 e. The fourth-order valence-corrected chi connectivity index (χ4v) is 4.43. The summed E-state index contributed by atoms with van der Waals surface area (Å²) >= 11 is 1.62. The van der Waals surface area contributed by atoms with Gasteiger partial charge in [0.1, 0.15) is 18.1 Å². The van der Waals surface area contributed by atoms with E-state index in [0.717, 1.165) is 61.3 Å². The predicted octanol–water partition coefficient (Wildman–Crippen LogP) is 4.39. The summed E-state index contributed by atoms with van der Waals surface area (Å²) in [6.45, 7) is 6.67. The van der Waals surface area contributed by atoms with Gasteiger partial charge in [-0.2, -0.15) is 0 Å². The molecule has 1 fully saturated rings. The van der Waals surface area contributed by atoms with Crippen LogP contribution in [0, 0.1) is 6.92 Å². The number of methoxy groups -OCH3 is 1. The van der Waals surface area contributed by atoms with Crippen LogP contribution < -0.4 is 9.47 Å². The first kappa shape index (κ1) is 22.3. The molecule has 0 atom stereocenters. The number of aryl methyl sites for hydroxylation is 1. The molecule has 1 amide bonds. The number of hydrogen-bond acceptors (Lipinski definition) is 6. The van der Waals surface area contributed by atoms with E-state index in [-0.39, 0.29) is 5.91 Å². The van der Waals surface area contributed by atoms with Gasteiger partial charge in [-0.1, -0.05) is 12.1 Å². The third kappa shape index (κ3) is 5.87. The van der Waals surface area contributed by atoms with Gasteiger partial charge < -0.3 is 14.4 Å². The molecule has 168 valence electrons. The van der Waals surface area contributed by atoms with Crippen LogP contribution in [0.1, 0.15) is 33.0 Å². The molecule has 32 heavy (non-hydrogen) atoms. The average Bonchev–Trinajstić information content (AvgIpc) is 3.10. The molecule has 0 unspecified atom stereocenters. The fraction of sp³-hybridized carbons (Fsp3) is 0.360. The lowest BCUT2D eigenvalue weighted by molar-refractivity contribution is 0.0761. The Hall–Kier alpha value is -2.90. The Kier molecular flexibility index (Phi) is 7.39. The number of ether oxygens (including phenoxy) is 2. The lowest BCUT2D eigenvalue weighted by Gasteiger charge is -2.22. The third-order valence-electron chi connectivity index (χ3n) is 5.60. The quantitative estimate of drug-likeness (QED) is 0.533. The van der Waals surface area contributed by atoms with E-state index in [0.29, 0.717) is 12.2 Å². The molecule has 0 spiro atoms. The van der Waals surface area contributed by atoms with Gasteiger partial charge in [0.25, 0.3) is 5.91 Å². The maximum absolute atomic E-state index is 13.0. The molecule has 0 radical (unpaired) electrons. The normalized spacial score (nSPS) is 14.8. The van der Waals surface area contributed by atoms with Crippen molar-refractivity contribution in [1.82, 2.24) is 14.8 Å². The Balaban J connectivity index is 1.29. The second-order valence-electron chi connectivity index (χ2n) is 7.94. The number of carbonyl (C=O) groups excluding carboxylic acids is 1. The Bertz CT molecular complexity index is 1020. The summed E-state index contributed by atoms with van der Waals surface area (Å²) < 4.78 is 11.0. The molecule has 2 aromatic carbocycles. The zero-order chi connectivity index (χ0) is 22.3. The van der Waals surface area contributed by atoms with Crippen LogP contribution >= 0.6 is 11.3 Å². The zero-order valence-electron chi connectivity index (χ0n) is 18.6. The molecule has 7 heteroatoms. The fourth-order valence-electron chi connectivity index (χ4n) is 3.83. The first-order chi connectivity index (χ1) is 15.6. The van der Waals surface area contributed by atoms with E-state index in [2.05, 4.69) is 22.0 Å². The van der Waals surface area contributed by atoms with Crippen LogP contribution in [0.5, 0.6) is 11.5 Å². The van der Waals surface area contributed by atoms with Crippen LogP contribution in [0.3, 0.4) is 0 Å². The number of thiazole rings is 1. The van der Waals surface area contributed by atoms with E-state index in [4.69, 9.17) is 9.47 Å². The highest BCUT2D eigenvalue weighted by Crippen LogP contribution is 2.18. The second kappa shape index (κ2) is 10.6. The smallest absolute Gasteiger partial charge is 0.253 e. The van der Waals surface area contributed by atoms with Gasteiger partial charge in [-0.25, -0.2) is 4.98 Å². The number of rotatable bonds is 7. The lowest BCUT2D eigenvalue weighted by Crippen LogP contribution is -2.35. The van der Waals surface area contributed by atoms with Crippen molar-refractivity contribution in [3.8, 4) is 11.5 Å². The zero-order valence-corrected chi connectivity index (χ0v) is 19.4. The van der Waals surface area contributed by atoms with Crippen LogP contribution in [0.25, 0.3) is 0 Å². The van der Waals surface area contributed by atoms with Crippen molar-refractivity contribution in [2.75, 3.05) is 33.3 Å². The van der Waals surface area contributed by atoms with Gasteiger partial charge in [-0.3, -0.25) is 9.69 Å². The molecule has 0 saturated carbocycles. The Morgan fingerprint density at radius 3 is 2.44 bits per heavy atom.